The molecular formula is C18H24O5. The highest BCUT2D eigenvalue weighted by molar-refractivity contribution is 5.87. The van der Waals surface area contributed by atoms with Gasteiger partial charge in [0.25, 0.3) is 0 Å². The molecule has 2 rings (SSSR count). The summed E-state index contributed by atoms with van der Waals surface area (Å²) in [6.45, 7) is 3.85. The van der Waals surface area contributed by atoms with Crippen LogP contribution in [0, 0.1) is 5.92 Å². The zero-order valence-electron chi connectivity index (χ0n) is 13.7. The van der Waals surface area contributed by atoms with Crippen LogP contribution >= 0.6 is 0 Å². The maximum atomic E-state index is 11.5. The van der Waals surface area contributed by atoms with E-state index < -0.39 is 0 Å². The lowest BCUT2D eigenvalue weighted by Gasteiger charge is -2.12. The van der Waals surface area contributed by atoms with Crippen LogP contribution in [0.3, 0.4) is 0 Å². The summed E-state index contributed by atoms with van der Waals surface area (Å²) in [5, 5.41) is 0. The van der Waals surface area contributed by atoms with Crippen molar-refractivity contribution in [3.63, 3.8) is 0 Å². The van der Waals surface area contributed by atoms with Crippen LogP contribution in [-0.4, -0.2) is 39.5 Å². The Kier molecular flexibility index (Phi) is 6.94. The molecule has 5 nitrogen and oxygen atoms in total. The van der Waals surface area contributed by atoms with Gasteiger partial charge in [0, 0.05) is 24.8 Å². The molecule has 1 aromatic carbocycles. The number of carbonyl (C=O) groups is 1. The average Bonchev–Trinajstić information content (AvgIpc) is 3.37. The van der Waals surface area contributed by atoms with Crippen molar-refractivity contribution in [2.24, 2.45) is 5.92 Å². The first-order valence-electron chi connectivity index (χ1n) is 7.96. The summed E-state index contributed by atoms with van der Waals surface area (Å²) >= 11 is 0. The molecule has 1 aliphatic carbocycles. The van der Waals surface area contributed by atoms with E-state index in [2.05, 4.69) is 0 Å². The Labute approximate surface area is 137 Å². The third-order valence-electron chi connectivity index (χ3n) is 3.40. The molecule has 0 unspecified atom stereocenters. The summed E-state index contributed by atoms with van der Waals surface area (Å²) in [6.07, 6.45) is 5.56. The second kappa shape index (κ2) is 9.20. The average molecular weight is 320 g/mol. The Morgan fingerprint density at radius 1 is 1.26 bits per heavy atom. The van der Waals surface area contributed by atoms with E-state index in [1.165, 1.54) is 18.9 Å². The van der Waals surface area contributed by atoms with Gasteiger partial charge >= 0.3 is 5.97 Å². The van der Waals surface area contributed by atoms with Gasteiger partial charge in [-0.2, -0.15) is 0 Å². The molecule has 1 aromatic rings. The number of esters is 1. The maximum absolute atomic E-state index is 11.5. The molecule has 0 heterocycles. The highest BCUT2D eigenvalue weighted by Gasteiger charge is 2.22. The first-order chi connectivity index (χ1) is 11.2. The van der Waals surface area contributed by atoms with E-state index in [0.717, 1.165) is 11.3 Å². The van der Waals surface area contributed by atoms with Crippen molar-refractivity contribution >= 4 is 12.0 Å². The number of hydrogen-bond donors (Lipinski definition) is 0. The van der Waals surface area contributed by atoms with Crippen LogP contribution in [0.1, 0.15) is 25.3 Å². The van der Waals surface area contributed by atoms with E-state index in [-0.39, 0.29) is 5.97 Å². The topological polar surface area (TPSA) is 54.0 Å². The van der Waals surface area contributed by atoms with Gasteiger partial charge in [0.05, 0.1) is 19.8 Å². The number of hydrogen-bond acceptors (Lipinski definition) is 5. The zero-order valence-corrected chi connectivity index (χ0v) is 13.7. The summed E-state index contributed by atoms with van der Waals surface area (Å²) in [7, 11) is 1.64. The minimum absolute atomic E-state index is 0.360. The molecule has 0 aromatic heterocycles. The van der Waals surface area contributed by atoms with Crippen LogP contribution in [-0.2, 0) is 14.3 Å². The van der Waals surface area contributed by atoms with Gasteiger partial charge in [0.15, 0.2) is 0 Å². The van der Waals surface area contributed by atoms with Gasteiger partial charge in [-0.15, -0.1) is 0 Å². The van der Waals surface area contributed by atoms with Crippen molar-refractivity contribution in [2.75, 3.05) is 33.5 Å². The molecule has 0 spiro atoms. The van der Waals surface area contributed by atoms with Crippen molar-refractivity contribution in [1.82, 2.24) is 0 Å². The van der Waals surface area contributed by atoms with Crippen molar-refractivity contribution in [2.45, 2.75) is 19.8 Å². The Morgan fingerprint density at radius 3 is 2.78 bits per heavy atom. The van der Waals surface area contributed by atoms with Crippen LogP contribution in [0.15, 0.2) is 24.3 Å². The highest BCUT2D eigenvalue weighted by atomic mass is 16.5. The summed E-state index contributed by atoms with van der Waals surface area (Å²) in [5.74, 6) is 1.73. The number of carbonyl (C=O) groups excluding carboxylic acids is 1. The van der Waals surface area contributed by atoms with E-state index in [9.17, 15) is 4.79 Å². The minimum Gasteiger partial charge on any atom is -0.493 e. The van der Waals surface area contributed by atoms with E-state index in [1.54, 1.807) is 20.1 Å². The monoisotopic (exact) mass is 320 g/mol. The molecule has 1 fully saturated rings. The van der Waals surface area contributed by atoms with Gasteiger partial charge in [0.2, 0.25) is 0 Å². The molecule has 23 heavy (non-hydrogen) atoms. The fourth-order valence-corrected chi connectivity index (χ4v) is 1.95. The molecule has 5 heteroatoms. The molecular weight excluding hydrogens is 296 g/mol. The van der Waals surface area contributed by atoms with E-state index >= 15 is 0 Å². The van der Waals surface area contributed by atoms with Crippen LogP contribution in [0.5, 0.6) is 11.5 Å². The third-order valence-corrected chi connectivity index (χ3v) is 3.40. The first-order valence-corrected chi connectivity index (χ1v) is 7.96. The molecule has 0 bridgehead atoms. The number of rotatable bonds is 10. The van der Waals surface area contributed by atoms with E-state index in [0.29, 0.717) is 38.1 Å². The van der Waals surface area contributed by atoms with Crippen LogP contribution in [0.25, 0.3) is 6.08 Å². The van der Waals surface area contributed by atoms with E-state index in [1.807, 2.05) is 18.2 Å². The Hall–Kier alpha value is -2.01. The van der Waals surface area contributed by atoms with Gasteiger partial charge in [-0.25, -0.2) is 4.79 Å². The minimum atomic E-state index is -0.360. The summed E-state index contributed by atoms with van der Waals surface area (Å²) < 4.78 is 21.4. The van der Waals surface area contributed by atoms with Crippen LogP contribution < -0.4 is 9.47 Å². The predicted molar refractivity (Wildman–Crippen MR) is 87.7 cm³/mol. The molecule has 126 valence electrons. The van der Waals surface area contributed by atoms with Gasteiger partial charge in [-0.05, 0) is 43.9 Å². The standard InChI is InChI=1S/C18H24O5/c1-3-21-18(19)9-7-15-6-8-16(22-11-10-20-2)12-17(15)23-13-14-4-5-14/h6-9,12,14H,3-5,10-11,13H2,1-2H3/b9-7+. The van der Waals surface area contributed by atoms with Crippen molar-refractivity contribution in [1.29, 1.82) is 0 Å². The lowest BCUT2D eigenvalue weighted by Crippen LogP contribution is -2.05. The van der Waals surface area contributed by atoms with Gasteiger partial charge in [0.1, 0.15) is 18.1 Å². The number of methoxy groups -OCH3 is 1. The molecule has 1 aliphatic rings. The second-order valence-corrected chi connectivity index (χ2v) is 5.38. The van der Waals surface area contributed by atoms with Crippen LogP contribution in [0.4, 0.5) is 0 Å². The SMILES string of the molecule is CCOC(=O)/C=C/c1ccc(OCCOC)cc1OCC1CC1. The van der Waals surface area contributed by atoms with Crippen molar-refractivity contribution in [3.8, 4) is 11.5 Å². The third kappa shape index (κ3) is 6.32. The smallest absolute Gasteiger partial charge is 0.330 e. The number of ether oxygens (including phenoxy) is 4. The maximum Gasteiger partial charge on any atom is 0.330 e. The zero-order chi connectivity index (χ0) is 16.5. The number of benzene rings is 1. The molecule has 0 saturated heterocycles. The molecule has 0 aliphatic heterocycles. The summed E-state index contributed by atoms with van der Waals surface area (Å²) in [4.78, 5) is 11.5. The van der Waals surface area contributed by atoms with Gasteiger partial charge in [-0.3, -0.25) is 0 Å². The molecule has 0 atom stereocenters. The van der Waals surface area contributed by atoms with Crippen molar-refractivity contribution < 1.29 is 23.7 Å². The Balaban J connectivity index is 2.05. The van der Waals surface area contributed by atoms with Gasteiger partial charge in [-0.1, -0.05) is 0 Å². The van der Waals surface area contributed by atoms with Crippen LogP contribution in [0.2, 0.25) is 0 Å². The fourth-order valence-electron chi connectivity index (χ4n) is 1.95. The van der Waals surface area contributed by atoms with Crippen molar-refractivity contribution in [3.05, 3.63) is 29.8 Å². The van der Waals surface area contributed by atoms with Gasteiger partial charge < -0.3 is 18.9 Å². The quantitative estimate of drug-likeness (QED) is 0.377. The summed E-state index contributed by atoms with van der Waals surface area (Å²) in [6, 6.07) is 5.58. The molecule has 1 saturated carbocycles. The molecule has 0 amide bonds. The normalized spacial score (nSPS) is 14.0. The lowest BCUT2D eigenvalue weighted by molar-refractivity contribution is -0.137. The highest BCUT2D eigenvalue weighted by Crippen LogP contribution is 2.32. The Morgan fingerprint density at radius 2 is 2.09 bits per heavy atom. The first kappa shape index (κ1) is 17.3. The fraction of sp³-hybridized carbons (Fsp3) is 0.500. The lowest BCUT2D eigenvalue weighted by atomic mass is 10.1. The van der Waals surface area contributed by atoms with E-state index in [4.69, 9.17) is 18.9 Å². The predicted octanol–water partition coefficient (Wildman–Crippen LogP) is 3.08. The molecule has 0 N–H and O–H groups in total. The largest absolute Gasteiger partial charge is 0.493 e. The molecule has 0 radical (unpaired) electrons. The second-order valence-electron chi connectivity index (χ2n) is 5.38. The Bertz CT molecular complexity index is 534. The summed E-state index contributed by atoms with van der Waals surface area (Å²) in [5.41, 5.74) is 0.831.